The molecule has 1 unspecified atom stereocenters. The zero-order valence-corrected chi connectivity index (χ0v) is 19.7. The standard InChI is InChI=1S/C23H20Cl3N5O/c1-14-6-3-4-9-20(14)27-15(2)32-21-11-10-17(24)12-16(21)13-31-23(28-29-30-31)18-7-5-8-19(25)22(18)26/h3-12,15,27H,13H2,1-2H3. The Morgan fingerprint density at radius 1 is 1.03 bits per heavy atom. The summed E-state index contributed by atoms with van der Waals surface area (Å²) in [6.45, 7) is 4.32. The number of anilines is 1. The molecular weight excluding hydrogens is 469 g/mol. The Morgan fingerprint density at radius 2 is 1.84 bits per heavy atom. The van der Waals surface area contributed by atoms with Gasteiger partial charge in [-0.15, -0.1) is 5.10 Å². The maximum atomic E-state index is 6.38. The van der Waals surface area contributed by atoms with E-state index in [1.807, 2.05) is 56.3 Å². The van der Waals surface area contributed by atoms with Gasteiger partial charge in [-0.1, -0.05) is 59.1 Å². The molecule has 1 heterocycles. The largest absolute Gasteiger partial charge is 0.471 e. The van der Waals surface area contributed by atoms with Crippen molar-refractivity contribution in [3.05, 3.63) is 86.9 Å². The molecule has 0 aliphatic carbocycles. The van der Waals surface area contributed by atoms with E-state index in [2.05, 4.69) is 20.8 Å². The fraction of sp³-hybridized carbons (Fsp3) is 0.174. The van der Waals surface area contributed by atoms with Crippen molar-refractivity contribution in [2.75, 3.05) is 5.32 Å². The highest BCUT2D eigenvalue weighted by Gasteiger charge is 2.17. The summed E-state index contributed by atoms with van der Waals surface area (Å²) in [4.78, 5) is 0. The Labute approximate surface area is 201 Å². The van der Waals surface area contributed by atoms with Gasteiger partial charge in [-0.25, -0.2) is 4.68 Å². The lowest BCUT2D eigenvalue weighted by Gasteiger charge is -2.21. The number of halogens is 3. The molecule has 9 heteroatoms. The number of para-hydroxylation sites is 1. The van der Waals surface area contributed by atoms with Crippen molar-refractivity contribution in [1.82, 2.24) is 20.2 Å². The van der Waals surface area contributed by atoms with E-state index in [1.54, 1.807) is 22.9 Å². The predicted molar refractivity (Wildman–Crippen MR) is 129 cm³/mol. The van der Waals surface area contributed by atoms with Crippen LogP contribution in [0.2, 0.25) is 15.1 Å². The van der Waals surface area contributed by atoms with E-state index >= 15 is 0 Å². The number of aryl methyl sites for hydroxylation is 1. The smallest absolute Gasteiger partial charge is 0.183 e. The van der Waals surface area contributed by atoms with Crippen LogP contribution in [0.15, 0.2) is 60.7 Å². The van der Waals surface area contributed by atoms with Crippen molar-refractivity contribution in [2.24, 2.45) is 0 Å². The molecule has 4 aromatic rings. The van der Waals surface area contributed by atoms with Gasteiger partial charge in [0.1, 0.15) is 5.75 Å². The van der Waals surface area contributed by atoms with Crippen molar-refractivity contribution in [3.63, 3.8) is 0 Å². The van der Waals surface area contributed by atoms with Crippen LogP contribution in [-0.4, -0.2) is 26.4 Å². The normalized spacial score (nSPS) is 11.9. The van der Waals surface area contributed by atoms with Crippen molar-refractivity contribution < 1.29 is 4.74 Å². The van der Waals surface area contributed by atoms with E-state index in [-0.39, 0.29) is 6.23 Å². The Bertz CT molecular complexity index is 1240. The molecule has 0 bridgehead atoms. The van der Waals surface area contributed by atoms with Crippen LogP contribution >= 0.6 is 34.8 Å². The van der Waals surface area contributed by atoms with Crippen molar-refractivity contribution in [2.45, 2.75) is 26.6 Å². The molecule has 6 nitrogen and oxygen atoms in total. The van der Waals surface area contributed by atoms with Crippen LogP contribution in [-0.2, 0) is 6.54 Å². The van der Waals surface area contributed by atoms with Crippen LogP contribution in [0.4, 0.5) is 5.69 Å². The lowest BCUT2D eigenvalue weighted by molar-refractivity contribution is 0.247. The van der Waals surface area contributed by atoms with Crippen LogP contribution in [0.1, 0.15) is 18.1 Å². The molecule has 0 fully saturated rings. The van der Waals surface area contributed by atoms with E-state index in [4.69, 9.17) is 39.5 Å². The van der Waals surface area contributed by atoms with Crippen LogP contribution in [0.3, 0.4) is 0 Å². The van der Waals surface area contributed by atoms with Gasteiger partial charge in [0, 0.05) is 21.8 Å². The zero-order chi connectivity index (χ0) is 22.7. The maximum absolute atomic E-state index is 6.38. The number of hydrogen-bond donors (Lipinski definition) is 1. The van der Waals surface area contributed by atoms with Gasteiger partial charge >= 0.3 is 0 Å². The molecular formula is C23H20Cl3N5O. The Balaban J connectivity index is 1.60. The highest BCUT2D eigenvalue weighted by Crippen LogP contribution is 2.33. The summed E-state index contributed by atoms with van der Waals surface area (Å²) in [5, 5.41) is 16.9. The number of nitrogens with one attached hydrogen (secondary N) is 1. The van der Waals surface area contributed by atoms with Crippen LogP contribution in [0.25, 0.3) is 11.4 Å². The summed E-state index contributed by atoms with van der Waals surface area (Å²) in [6, 6.07) is 18.8. The minimum atomic E-state index is -0.285. The molecule has 0 amide bonds. The Kier molecular flexibility index (Phi) is 6.84. The van der Waals surface area contributed by atoms with Crippen LogP contribution < -0.4 is 10.1 Å². The molecule has 3 aromatic carbocycles. The summed E-state index contributed by atoms with van der Waals surface area (Å²) in [6.07, 6.45) is -0.285. The Morgan fingerprint density at radius 3 is 2.66 bits per heavy atom. The number of nitrogens with zero attached hydrogens (tertiary/aromatic N) is 4. The number of rotatable bonds is 7. The van der Waals surface area contributed by atoms with E-state index in [1.165, 1.54) is 0 Å². The average Bonchev–Trinajstić information content (AvgIpc) is 3.21. The molecule has 0 radical (unpaired) electrons. The van der Waals surface area contributed by atoms with E-state index in [9.17, 15) is 0 Å². The molecule has 1 aromatic heterocycles. The fourth-order valence-electron chi connectivity index (χ4n) is 3.30. The first kappa shape index (κ1) is 22.4. The summed E-state index contributed by atoms with van der Waals surface area (Å²) in [7, 11) is 0. The minimum Gasteiger partial charge on any atom is -0.471 e. The topological polar surface area (TPSA) is 64.9 Å². The zero-order valence-electron chi connectivity index (χ0n) is 17.4. The first-order valence-corrected chi connectivity index (χ1v) is 11.0. The predicted octanol–water partition coefficient (Wildman–Crippen LogP) is 6.49. The molecule has 0 saturated carbocycles. The monoisotopic (exact) mass is 487 g/mol. The van der Waals surface area contributed by atoms with E-state index < -0.39 is 0 Å². The van der Waals surface area contributed by atoms with Gasteiger partial charge in [-0.05, 0) is 66.2 Å². The second kappa shape index (κ2) is 9.77. The molecule has 0 aliphatic rings. The summed E-state index contributed by atoms with van der Waals surface area (Å²) >= 11 is 18.8. The number of benzene rings is 3. The fourth-order valence-corrected chi connectivity index (χ4v) is 3.88. The first-order valence-electron chi connectivity index (χ1n) is 9.90. The van der Waals surface area contributed by atoms with Gasteiger partial charge in [0.2, 0.25) is 0 Å². The van der Waals surface area contributed by atoms with Crippen LogP contribution in [0, 0.1) is 6.92 Å². The highest BCUT2D eigenvalue weighted by molar-refractivity contribution is 6.43. The van der Waals surface area contributed by atoms with Crippen LogP contribution in [0.5, 0.6) is 5.75 Å². The quantitative estimate of drug-likeness (QED) is 0.301. The molecule has 0 saturated heterocycles. The highest BCUT2D eigenvalue weighted by atomic mass is 35.5. The molecule has 0 aliphatic heterocycles. The number of hydrogen-bond acceptors (Lipinski definition) is 5. The number of aromatic nitrogens is 4. The molecule has 32 heavy (non-hydrogen) atoms. The first-order chi connectivity index (χ1) is 15.4. The summed E-state index contributed by atoms with van der Waals surface area (Å²) < 4.78 is 7.83. The third-order valence-electron chi connectivity index (χ3n) is 4.87. The van der Waals surface area contributed by atoms with Gasteiger partial charge in [0.15, 0.2) is 12.1 Å². The number of ether oxygens (including phenoxy) is 1. The van der Waals surface area contributed by atoms with Gasteiger partial charge in [0.25, 0.3) is 0 Å². The van der Waals surface area contributed by atoms with Gasteiger partial charge in [0.05, 0.1) is 16.6 Å². The van der Waals surface area contributed by atoms with E-state index in [0.717, 1.165) is 16.8 Å². The molecule has 0 spiro atoms. The SMILES string of the molecule is Cc1ccccc1NC(C)Oc1ccc(Cl)cc1Cn1nnnc1-c1cccc(Cl)c1Cl. The van der Waals surface area contributed by atoms with Crippen molar-refractivity contribution in [1.29, 1.82) is 0 Å². The molecule has 1 atom stereocenters. The average molecular weight is 489 g/mol. The summed E-state index contributed by atoms with van der Waals surface area (Å²) in [5.74, 6) is 1.16. The van der Waals surface area contributed by atoms with Crippen molar-refractivity contribution in [3.8, 4) is 17.1 Å². The Hall–Kier alpha value is -2.80. The summed E-state index contributed by atoms with van der Waals surface area (Å²) in [5.41, 5.74) is 3.61. The van der Waals surface area contributed by atoms with Gasteiger partial charge in [-0.3, -0.25) is 0 Å². The van der Waals surface area contributed by atoms with Crippen molar-refractivity contribution >= 4 is 40.5 Å². The lowest BCUT2D eigenvalue weighted by Crippen LogP contribution is -2.23. The molecule has 1 N–H and O–H groups in total. The maximum Gasteiger partial charge on any atom is 0.183 e. The molecule has 4 rings (SSSR count). The lowest BCUT2D eigenvalue weighted by atomic mass is 10.1. The van der Waals surface area contributed by atoms with E-state index in [0.29, 0.717) is 38.8 Å². The van der Waals surface area contributed by atoms with Gasteiger partial charge in [-0.2, -0.15) is 0 Å². The van der Waals surface area contributed by atoms with Gasteiger partial charge < -0.3 is 10.1 Å². The number of tetrazole rings is 1. The third kappa shape index (κ3) is 4.99. The second-order valence-electron chi connectivity index (χ2n) is 7.23. The third-order valence-corrected chi connectivity index (χ3v) is 5.93. The minimum absolute atomic E-state index is 0.285. The molecule has 164 valence electrons. The second-order valence-corrected chi connectivity index (χ2v) is 8.45.